The number of amides is 3. The maximum Gasteiger partial charge on any atom is 0.264 e. The second-order valence-electron chi connectivity index (χ2n) is 13.7. The Morgan fingerprint density at radius 1 is 0.960 bits per heavy atom. The highest BCUT2D eigenvalue weighted by atomic mass is 35.5. The molecular formula is C39H42ClN3O6Si. The van der Waals surface area contributed by atoms with Crippen LogP contribution in [0.1, 0.15) is 40.4 Å². The molecule has 1 saturated heterocycles. The molecule has 0 saturated carbocycles. The molecule has 1 spiro atoms. The molecule has 0 radical (unpaired) electrons. The Kier molecular flexibility index (Phi) is 10.3. The molecule has 4 aromatic rings. The van der Waals surface area contributed by atoms with Crippen molar-refractivity contribution >= 4 is 49.0 Å². The molecule has 6 rings (SSSR count). The average Bonchev–Trinajstić information content (AvgIpc) is 3.52. The Hall–Kier alpha value is -4.32. The van der Waals surface area contributed by atoms with Crippen LogP contribution in [0, 0.1) is 5.92 Å². The van der Waals surface area contributed by atoms with Crippen LogP contribution in [0.25, 0.3) is 0 Å². The second-order valence-corrected chi connectivity index (χ2v) is 18.1. The zero-order valence-electron chi connectivity index (χ0n) is 28.4. The molecule has 260 valence electrons. The van der Waals surface area contributed by atoms with E-state index in [-0.39, 0.29) is 43.8 Å². The molecule has 0 unspecified atom stereocenters. The largest absolute Gasteiger partial charge is 0.432 e. The molecule has 3 N–H and O–H groups in total. The molecule has 4 aromatic carbocycles. The highest BCUT2D eigenvalue weighted by Crippen LogP contribution is 2.60. The second kappa shape index (κ2) is 14.5. The predicted octanol–water partition coefficient (Wildman–Crippen LogP) is 6.35. The number of benzene rings is 4. The Morgan fingerprint density at radius 2 is 1.62 bits per heavy atom. The van der Waals surface area contributed by atoms with Crippen LogP contribution in [-0.2, 0) is 33.0 Å². The number of carbonyl (C=O) groups is 3. The third-order valence-corrected chi connectivity index (χ3v) is 12.6. The van der Waals surface area contributed by atoms with E-state index in [1.807, 2.05) is 86.7 Å². The van der Waals surface area contributed by atoms with Gasteiger partial charge in [0.25, 0.3) is 11.8 Å². The van der Waals surface area contributed by atoms with Crippen molar-refractivity contribution in [2.45, 2.75) is 56.8 Å². The van der Waals surface area contributed by atoms with E-state index in [4.69, 9.17) is 16.3 Å². The number of hydrogen-bond acceptors (Lipinski definition) is 6. The molecule has 0 aliphatic carbocycles. The molecule has 50 heavy (non-hydrogen) atoms. The lowest BCUT2D eigenvalue weighted by atomic mass is 9.82. The summed E-state index contributed by atoms with van der Waals surface area (Å²) in [4.78, 5) is 56.2. The average molecular weight is 712 g/mol. The number of carbonyl (C=O) groups excluding carboxylic acids is 3. The summed E-state index contributed by atoms with van der Waals surface area (Å²) in [7, 11) is -3.03. The molecule has 0 aromatic heterocycles. The molecule has 2 heterocycles. The summed E-state index contributed by atoms with van der Waals surface area (Å²) in [6.07, 6.45) is -0.802. The number of fused-ring (bicyclic) bond motifs is 2. The molecule has 2 aliphatic rings. The van der Waals surface area contributed by atoms with Gasteiger partial charge in [-0.15, -0.1) is 0 Å². The third kappa shape index (κ3) is 6.99. The Balaban J connectivity index is 1.27. The first-order valence-electron chi connectivity index (χ1n) is 16.8. The Morgan fingerprint density at radius 3 is 2.26 bits per heavy atom. The molecule has 4 atom stereocenters. The van der Waals surface area contributed by atoms with Crippen molar-refractivity contribution in [3.63, 3.8) is 0 Å². The zero-order chi connectivity index (χ0) is 35.6. The number of anilines is 2. The van der Waals surface area contributed by atoms with Gasteiger partial charge in [0.15, 0.2) is 13.9 Å². The van der Waals surface area contributed by atoms with Crippen molar-refractivity contribution < 1.29 is 29.0 Å². The van der Waals surface area contributed by atoms with E-state index in [2.05, 4.69) is 5.32 Å². The first-order valence-corrected chi connectivity index (χ1v) is 20.2. The smallest absolute Gasteiger partial charge is 0.264 e. The minimum atomic E-state index is -3.03. The van der Waals surface area contributed by atoms with Crippen molar-refractivity contribution in [2.75, 3.05) is 23.4 Å². The Labute approximate surface area is 298 Å². The highest BCUT2D eigenvalue weighted by Gasteiger charge is 2.66. The monoisotopic (exact) mass is 711 g/mol. The van der Waals surface area contributed by atoms with Crippen LogP contribution in [0.4, 0.5) is 11.4 Å². The molecule has 3 amide bonds. The van der Waals surface area contributed by atoms with Gasteiger partial charge >= 0.3 is 0 Å². The van der Waals surface area contributed by atoms with Crippen LogP contribution in [0.2, 0.25) is 23.7 Å². The van der Waals surface area contributed by atoms with Crippen LogP contribution < -0.4 is 10.2 Å². The van der Waals surface area contributed by atoms with E-state index in [1.54, 1.807) is 46.2 Å². The number of rotatable bonds is 11. The standard InChI is InChI=1S/C39H42ClN3O6Si/c1-26-36(50(2,3)48)34(23-35(45)42(20-21-44)24-27-10-6-4-7-11-27)49-39(26)32-22-30(40)16-19-33(32)43(38(39)47)25-28-14-17-31(18-15-28)41-37(46)29-12-8-5-9-13-29/h4-19,22,26,34,36,44,48H,20-21,23-25H2,1-3H3,(H,41,46)/t26-,34+,36-,39+/m1/s1. The summed E-state index contributed by atoms with van der Waals surface area (Å²) in [6.45, 7) is 6.05. The normalized spacial score (nSPS) is 21.4. The summed E-state index contributed by atoms with van der Waals surface area (Å²) in [5, 5.41) is 13.1. The maximum absolute atomic E-state index is 14.8. The van der Waals surface area contributed by atoms with Crippen LogP contribution in [0.15, 0.2) is 103 Å². The molecule has 0 bridgehead atoms. The summed E-state index contributed by atoms with van der Waals surface area (Å²) in [5.41, 5.74) is 2.29. The summed E-state index contributed by atoms with van der Waals surface area (Å²) < 4.78 is 6.84. The maximum atomic E-state index is 14.8. The van der Waals surface area contributed by atoms with Crippen molar-refractivity contribution in [2.24, 2.45) is 5.92 Å². The van der Waals surface area contributed by atoms with Gasteiger partial charge in [-0.25, -0.2) is 0 Å². The van der Waals surface area contributed by atoms with Crippen LogP contribution in [-0.4, -0.2) is 60.1 Å². The van der Waals surface area contributed by atoms with E-state index in [0.717, 1.165) is 11.1 Å². The number of nitrogens with one attached hydrogen (secondary N) is 1. The highest BCUT2D eigenvalue weighted by molar-refractivity contribution is 6.71. The van der Waals surface area contributed by atoms with Gasteiger partial charge in [0.1, 0.15) is 0 Å². The minimum Gasteiger partial charge on any atom is -0.432 e. The van der Waals surface area contributed by atoms with Crippen LogP contribution >= 0.6 is 11.6 Å². The van der Waals surface area contributed by atoms with E-state index in [1.165, 1.54) is 0 Å². The number of aliphatic hydroxyl groups is 1. The number of nitrogens with zero attached hydrogens (tertiary/aromatic N) is 2. The first-order chi connectivity index (χ1) is 23.9. The fourth-order valence-corrected chi connectivity index (χ4v) is 10.3. The van der Waals surface area contributed by atoms with Gasteiger partial charge < -0.3 is 29.8 Å². The van der Waals surface area contributed by atoms with E-state index < -0.39 is 31.5 Å². The van der Waals surface area contributed by atoms with Crippen molar-refractivity contribution in [1.82, 2.24) is 4.90 Å². The number of hydrogen-bond donors (Lipinski definition) is 3. The molecule has 9 nitrogen and oxygen atoms in total. The summed E-state index contributed by atoms with van der Waals surface area (Å²) >= 11 is 6.55. The third-order valence-electron chi connectivity index (χ3n) is 9.85. The number of aliphatic hydroxyl groups excluding tert-OH is 1. The SMILES string of the molecule is C[C@@H]1[C@@H]([Si](C)(C)O)[C@H](CC(=O)N(CCO)Cc2ccccc2)O[C@@]12C(=O)N(Cc1ccc(NC(=O)c3ccccc3)cc1)c1ccc(Cl)cc12. The quantitative estimate of drug-likeness (QED) is 0.156. The van der Waals surface area contributed by atoms with Crippen molar-refractivity contribution in [3.8, 4) is 0 Å². The van der Waals surface area contributed by atoms with Gasteiger partial charge in [-0.1, -0.05) is 79.2 Å². The zero-order valence-corrected chi connectivity index (χ0v) is 30.1. The molecule has 2 aliphatic heterocycles. The van der Waals surface area contributed by atoms with Crippen molar-refractivity contribution in [1.29, 1.82) is 0 Å². The van der Waals surface area contributed by atoms with Crippen LogP contribution in [0.3, 0.4) is 0 Å². The fourth-order valence-electron chi connectivity index (χ4n) is 7.59. The number of halogens is 1. The first kappa shape index (κ1) is 35.5. The van der Waals surface area contributed by atoms with Crippen LogP contribution in [0.5, 0.6) is 0 Å². The molecule has 11 heteroatoms. The fraction of sp³-hybridized carbons (Fsp3) is 0.308. The number of ether oxygens (including phenoxy) is 1. The lowest BCUT2D eigenvalue weighted by molar-refractivity contribution is -0.150. The summed E-state index contributed by atoms with van der Waals surface area (Å²) in [5.74, 6) is -1.20. The van der Waals surface area contributed by atoms with Gasteiger partial charge in [-0.05, 0) is 66.7 Å². The lowest BCUT2D eigenvalue weighted by Crippen LogP contribution is -2.46. The van der Waals surface area contributed by atoms with E-state index >= 15 is 0 Å². The van der Waals surface area contributed by atoms with E-state index in [0.29, 0.717) is 34.1 Å². The van der Waals surface area contributed by atoms with E-state index in [9.17, 15) is 24.3 Å². The van der Waals surface area contributed by atoms with Gasteiger partial charge in [-0.2, -0.15) is 0 Å². The van der Waals surface area contributed by atoms with Crippen molar-refractivity contribution in [3.05, 3.63) is 130 Å². The lowest BCUT2D eigenvalue weighted by Gasteiger charge is -2.32. The predicted molar refractivity (Wildman–Crippen MR) is 196 cm³/mol. The molecule has 1 fully saturated rings. The van der Waals surface area contributed by atoms with Gasteiger partial charge in [0, 0.05) is 46.4 Å². The van der Waals surface area contributed by atoms with Gasteiger partial charge in [-0.3, -0.25) is 14.4 Å². The summed E-state index contributed by atoms with van der Waals surface area (Å²) in [6, 6.07) is 31.1. The molecular weight excluding hydrogens is 670 g/mol. The van der Waals surface area contributed by atoms with Gasteiger partial charge in [0.2, 0.25) is 5.91 Å². The minimum absolute atomic E-state index is 0.0556. The van der Waals surface area contributed by atoms with Gasteiger partial charge in [0.05, 0.1) is 31.4 Å². The topological polar surface area (TPSA) is 119 Å². The Bertz CT molecular complexity index is 1850.